The van der Waals surface area contributed by atoms with Crippen molar-refractivity contribution in [3.05, 3.63) is 65.5 Å². The van der Waals surface area contributed by atoms with E-state index in [4.69, 9.17) is 4.74 Å². The van der Waals surface area contributed by atoms with Crippen LogP contribution in [0.5, 0.6) is 5.75 Å². The summed E-state index contributed by atoms with van der Waals surface area (Å²) in [5.74, 6) is -0.534. The molecular formula is C19H19FN2O3. The fourth-order valence-corrected chi connectivity index (χ4v) is 2.61. The van der Waals surface area contributed by atoms with Crippen LogP contribution >= 0.6 is 0 Å². The van der Waals surface area contributed by atoms with Gasteiger partial charge in [0.1, 0.15) is 11.6 Å². The van der Waals surface area contributed by atoms with Crippen LogP contribution in [0, 0.1) is 18.7 Å². The van der Waals surface area contributed by atoms with Gasteiger partial charge < -0.3 is 4.74 Å². The van der Waals surface area contributed by atoms with Crippen molar-refractivity contribution >= 4 is 11.8 Å². The van der Waals surface area contributed by atoms with E-state index in [1.807, 2.05) is 19.1 Å². The Morgan fingerprint density at radius 2 is 1.76 bits per heavy atom. The SMILES string of the molecule is Cc1ccc(OCC(=O)NNC(=O)C2CC2c2ccc(F)cc2)cc1. The topological polar surface area (TPSA) is 67.4 Å². The van der Waals surface area contributed by atoms with Crippen molar-refractivity contribution in [3.63, 3.8) is 0 Å². The van der Waals surface area contributed by atoms with E-state index in [0.717, 1.165) is 11.1 Å². The normalized spacial score (nSPS) is 18.3. The molecule has 130 valence electrons. The van der Waals surface area contributed by atoms with Crippen molar-refractivity contribution in [2.45, 2.75) is 19.3 Å². The van der Waals surface area contributed by atoms with E-state index >= 15 is 0 Å². The molecule has 5 nitrogen and oxygen atoms in total. The molecule has 1 aliphatic carbocycles. The Labute approximate surface area is 145 Å². The number of hydrogen-bond donors (Lipinski definition) is 2. The van der Waals surface area contributed by atoms with Crippen LogP contribution in [0.1, 0.15) is 23.5 Å². The minimum absolute atomic E-state index is 0.0707. The maximum atomic E-state index is 12.9. The van der Waals surface area contributed by atoms with Gasteiger partial charge >= 0.3 is 0 Å². The molecule has 1 saturated carbocycles. The third kappa shape index (κ3) is 4.56. The average molecular weight is 342 g/mol. The molecule has 6 heteroatoms. The van der Waals surface area contributed by atoms with E-state index in [-0.39, 0.29) is 30.2 Å². The molecule has 3 rings (SSSR count). The zero-order chi connectivity index (χ0) is 17.8. The first-order valence-electron chi connectivity index (χ1n) is 8.06. The van der Waals surface area contributed by atoms with Crippen LogP contribution in [0.3, 0.4) is 0 Å². The van der Waals surface area contributed by atoms with Gasteiger partial charge in [0.15, 0.2) is 6.61 Å². The number of hydrazine groups is 1. The number of carbonyl (C=O) groups is 2. The van der Waals surface area contributed by atoms with E-state index < -0.39 is 5.91 Å². The molecule has 0 heterocycles. The zero-order valence-corrected chi connectivity index (χ0v) is 13.8. The highest BCUT2D eigenvalue weighted by Crippen LogP contribution is 2.47. The Morgan fingerprint density at radius 1 is 1.08 bits per heavy atom. The predicted octanol–water partition coefficient (Wildman–Crippen LogP) is 2.46. The predicted molar refractivity (Wildman–Crippen MR) is 90.2 cm³/mol. The second kappa shape index (κ2) is 7.34. The molecule has 2 unspecified atom stereocenters. The molecule has 1 aliphatic rings. The van der Waals surface area contributed by atoms with Crippen molar-refractivity contribution in [2.24, 2.45) is 5.92 Å². The number of halogens is 1. The quantitative estimate of drug-likeness (QED) is 0.820. The minimum Gasteiger partial charge on any atom is -0.484 e. The van der Waals surface area contributed by atoms with Crippen LogP contribution in [0.4, 0.5) is 4.39 Å². The van der Waals surface area contributed by atoms with Crippen LogP contribution in [0.15, 0.2) is 48.5 Å². The summed E-state index contributed by atoms with van der Waals surface area (Å²) in [6.45, 7) is 1.78. The number of rotatable bonds is 5. The van der Waals surface area contributed by atoms with Gasteiger partial charge in [0.25, 0.3) is 5.91 Å². The molecule has 0 aliphatic heterocycles. The largest absolute Gasteiger partial charge is 0.484 e. The van der Waals surface area contributed by atoms with Crippen LogP contribution in [-0.4, -0.2) is 18.4 Å². The molecule has 2 N–H and O–H groups in total. The van der Waals surface area contributed by atoms with Crippen molar-refractivity contribution < 1.29 is 18.7 Å². The molecule has 0 spiro atoms. The van der Waals surface area contributed by atoms with Gasteiger partial charge in [0.05, 0.1) is 0 Å². The van der Waals surface area contributed by atoms with Gasteiger partial charge in [-0.1, -0.05) is 29.8 Å². The van der Waals surface area contributed by atoms with Crippen LogP contribution in [0.25, 0.3) is 0 Å². The second-order valence-corrected chi connectivity index (χ2v) is 6.14. The molecule has 1 fully saturated rings. The first kappa shape index (κ1) is 17.0. The average Bonchev–Trinajstić information content (AvgIpc) is 3.40. The van der Waals surface area contributed by atoms with Crippen molar-refractivity contribution in [3.8, 4) is 5.75 Å². The van der Waals surface area contributed by atoms with Crippen LogP contribution < -0.4 is 15.6 Å². The van der Waals surface area contributed by atoms with Crippen molar-refractivity contribution in [1.29, 1.82) is 0 Å². The lowest BCUT2D eigenvalue weighted by Crippen LogP contribution is -2.44. The molecule has 0 saturated heterocycles. The summed E-state index contributed by atoms with van der Waals surface area (Å²) in [7, 11) is 0. The summed E-state index contributed by atoms with van der Waals surface area (Å²) in [5.41, 5.74) is 6.78. The van der Waals surface area contributed by atoms with Gasteiger partial charge in [0, 0.05) is 5.92 Å². The molecule has 2 amide bonds. The van der Waals surface area contributed by atoms with Gasteiger partial charge in [-0.05, 0) is 49.1 Å². The Kier molecular flexibility index (Phi) is 4.97. The number of amides is 2. The smallest absolute Gasteiger partial charge is 0.276 e. The lowest BCUT2D eigenvalue weighted by atomic mass is 10.1. The first-order chi connectivity index (χ1) is 12.0. The summed E-state index contributed by atoms with van der Waals surface area (Å²) in [6.07, 6.45) is 0.688. The lowest BCUT2D eigenvalue weighted by Gasteiger charge is -2.09. The van der Waals surface area contributed by atoms with Gasteiger partial charge in [-0.15, -0.1) is 0 Å². The number of carbonyl (C=O) groups excluding carboxylic acids is 2. The maximum Gasteiger partial charge on any atom is 0.276 e. The Morgan fingerprint density at radius 3 is 2.44 bits per heavy atom. The number of ether oxygens (including phenoxy) is 1. The number of hydrogen-bond acceptors (Lipinski definition) is 3. The Hall–Kier alpha value is -2.89. The fraction of sp³-hybridized carbons (Fsp3) is 0.263. The highest BCUT2D eigenvalue weighted by Gasteiger charge is 2.44. The van der Waals surface area contributed by atoms with E-state index in [2.05, 4.69) is 10.9 Å². The van der Waals surface area contributed by atoms with E-state index in [1.165, 1.54) is 12.1 Å². The minimum atomic E-state index is -0.437. The van der Waals surface area contributed by atoms with Crippen molar-refractivity contribution in [1.82, 2.24) is 10.9 Å². The van der Waals surface area contributed by atoms with Gasteiger partial charge in [-0.2, -0.15) is 0 Å². The molecule has 2 aromatic carbocycles. The molecule has 0 bridgehead atoms. The standard InChI is InChI=1S/C19H19FN2O3/c1-12-2-8-15(9-3-12)25-11-18(23)21-22-19(24)17-10-16(17)13-4-6-14(20)7-5-13/h2-9,16-17H,10-11H2,1H3,(H,21,23)(H,22,24). The summed E-state index contributed by atoms with van der Waals surface area (Å²) in [6, 6.07) is 13.5. The summed E-state index contributed by atoms with van der Waals surface area (Å²) in [4.78, 5) is 23.8. The third-order valence-electron chi connectivity index (χ3n) is 4.14. The maximum absolute atomic E-state index is 12.9. The monoisotopic (exact) mass is 342 g/mol. The number of nitrogens with one attached hydrogen (secondary N) is 2. The Bertz CT molecular complexity index is 759. The molecule has 2 aromatic rings. The van der Waals surface area contributed by atoms with Crippen LogP contribution in [0.2, 0.25) is 0 Å². The van der Waals surface area contributed by atoms with Gasteiger partial charge in [-0.3, -0.25) is 20.4 Å². The highest BCUT2D eigenvalue weighted by atomic mass is 19.1. The van der Waals surface area contributed by atoms with Crippen LogP contribution in [-0.2, 0) is 9.59 Å². The zero-order valence-electron chi connectivity index (χ0n) is 13.8. The van der Waals surface area contributed by atoms with Gasteiger partial charge in [-0.25, -0.2) is 4.39 Å². The summed E-state index contributed by atoms with van der Waals surface area (Å²) < 4.78 is 18.2. The van der Waals surface area contributed by atoms with E-state index in [0.29, 0.717) is 12.2 Å². The molecule has 0 aromatic heterocycles. The summed E-state index contributed by atoms with van der Waals surface area (Å²) in [5, 5.41) is 0. The van der Waals surface area contributed by atoms with Gasteiger partial charge in [0.2, 0.25) is 5.91 Å². The Balaban J connectivity index is 1.39. The van der Waals surface area contributed by atoms with E-state index in [9.17, 15) is 14.0 Å². The third-order valence-corrected chi connectivity index (χ3v) is 4.14. The second-order valence-electron chi connectivity index (χ2n) is 6.14. The number of aryl methyl sites for hydroxylation is 1. The first-order valence-corrected chi connectivity index (χ1v) is 8.06. The molecule has 0 radical (unpaired) electrons. The van der Waals surface area contributed by atoms with E-state index in [1.54, 1.807) is 24.3 Å². The molecular weight excluding hydrogens is 323 g/mol. The summed E-state index contributed by atoms with van der Waals surface area (Å²) >= 11 is 0. The lowest BCUT2D eigenvalue weighted by molar-refractivity contribution is -0.130. The fourth-order valence-electron chi connectivity index (χ4n) is 2.61. The molecule has 2 atom stereocenters. The van der Waals surface area contributed by atoms with Crippen molar-refractivity contribution in [2.75, 3.05) is 6.61 Å². The molecule has 25 heavy (non-hydrogen) atoms. The highest BCUT2D eigenvalue weighted by molar-refractivity contribution is 5.86. The number of benzene rings is 2.